The molecule has 0 bridgehead atoms. The summed E-state index contributed by atoms with van der Waals surface area (Å²) in [6, 6.07) is 8.17. The summed E-state index contributed by atoms with van der Waals surface area (Å²) in [7, 11) is 0. The monoisotopic (exact) mass is 381 g/mol. The molecule has 0 atom stereocenters. The Labute approximate surface area is 163 Å². The Bertz CT molecular complexity index is 823. The molecule has 2 aliphatic rings. The minimum absolute atomic E-state index is 0.0615. The predicted molar refractivity (Wildman–Crippen MR) is 109 cm³/mol. The number of rotatable bonds is 6. The second kappa shape index (κ2) is 8.20. The fraction of sp³-hybridized carbons (Fsp3) is 0.421. The van der Waals surface area contributed by atoms with Gasteiger partial charge in [-0.15, -0.1) is 0 Å². The Kier molecular flexibility index (Phi) is 5.31. The molecule has 0 spiro atoms. The zero-order chi connectivity index (χ0) is 19.3. The first kappa shape index (κ1) is 18.1. The molecule has 9 heteroatoms. The van der Waals surface area contributed by atoms with Crippen LogP contribution in [0.1, 0.15) is 31.2 Å². The maximum absolute atomic E-state index is 10.7. The molecule has 0 radical (unpaired) electrons. The molecule has 1 aromatic carbocycles. The van der Waals surface area contributed by atoms with Gasteiger partial charge in [0.1, 0.15) is 5.82 Å². The summed E-state index contributed by atoms with van der Waals surface area (Å²) in [4.78, 5) is 24.2. The normalized spacial score (nSPS) is 16.9. The highest BCUT2D eigenvalue weighted by Crippen LogP contribution is 2.25. The van der Waals surface area contributed by atoms with Crippen molar-refractivity contribution in [3.8, 4) is 0 Å². The molecule has 2 fully saturated rings. The Morgan fingerprint density at radius 2 is 1.64 bits per heavy atom. The zero-order valence-electron chi connectivity index (χ0n) is 15.6. The van der Waals surface area contributed by atoms with Gasteiger partial charge in [-0.1, -0.05) is 0 Å². The van der Waals surface area contributed by atoms with E-state index in [1.807, 2.05) is 6.07 Å². The summed E-state index contributed by atoms with van der Waals surface area (Å²) in [5.41, 5.74) is 3.82. The van der Waals surface area contributed by atoms with Gasteiger partial charge in [0, 0.05) is 44.4 Å². The molecule has 1 N–H and O–H groups in total. The molecule has 146 valence electrons. The van der Waals surface area contributed by atoms with Gasteiger partial charge >= 0.3 is 0 Å². The van der Waals surface area contributed by atoms with Gasteiger partial charge < -0.3 is 9.80 Å². The number of nitrogens with zero attached hydrogens (tertiary/aromatic N) is 6. The molecule has 2 saturated heterocycles. The van der Waals surface area contributed by atoms with Crippen molar-refractivity contribution in [1.29, 1.82) is 0 Å². The second-order valence-electron chi connectivity index (χ2n) is 7.02. The molecule has 28 heavy (non-hydrogen) atoms. The highest BCUT2D eigenvalue weighted by atomic mass is 16.6. The third-order valence-electron chi connectivity index (χ3n) is 5.02. The number of benzene rings is 1. The fourth-order valence-corrected chi connectivity index (χ4v) is 3.50. The third-order valence-corrected chi connectivity index (χ3v) is 5.02. The number of hydrogen-bond donors (Lipinski definition) is 1. The molecule has 2 aliphatic heterocycles. The molecule has 1 aromatic heterocycles. The van der Waals surface area contributed by atoms with E-state index in [0.29, 0.717) is 5.82 Å². The summed E-state index contributed by atoms with van der Waals surface area (Å²) in [5, 5.41) is 15.0. The van der Waals surface area contributed by atoms with Crippen LogP contribution in [0, 0.1) is 10.1 Å². The number of nitrogens with one attached hydrogen (secondary N) is 1. The standard InChI is InChI=1S/C19H23N7O2/c27-26(28)16-7-5-15(6-8-16)14-20-23-17-13-18(24-9-1-2-10-24)22-19(21-17)25-11-3-4-12-25/h5-8,13-14H,1-4,9-12H2,(H,21,22,23)/b20-14-. The Morgan fingerprint density at radius 3 is 2.29 bits per heavy atom. The van der Waals surface area contributed by atoms with Crippen LogP contribution in [0.25, 0.3) is 0 Å². The van der Waals surface area contributed by atoms with Crippen molar-refractivity contribution in [3.63, 3.8) is 0 Å². The van der Waals surface area contributed by atoms with E-state index in [2.05, 4.69) is 25.3 Å². The molecule has 0 amide bonds. The van der Waals surface area contributed by atoms with E-state index in [4.69, 9.17) is 4.98 Å². The van der Waals surface area contributed by atoms with Crippen molar-refractivity contribution in [1.82, 2.24) is 9.97 Å². The average molecular weight is 381 g/mol. The largest absolute Gasteiger partial charge is 0.356 e. The molecular formula is C19H23N7O2. The lowest BCUT2D eigenvalue weighted by Crippen LogP contribution is -2.24. The van der Waals surface area contributed by atoms with Crippen molar-refractivity contribution in [2.24, 2.45) is 5.10 Å². The van der Waals surface area contributed by atoms with Crippen molar-refractivity contribution < 1.29 is 4.92 Å². The Balaban J connectivity index is 1.51. The fourth-order valence-electron chi connectivity index (χ4n) is 3.50. The molecule has 0 unspecified atom stereocenters. The number of non-ortho nitro benzene ring substituents is 1. The topological polar surface area (TPSA) is 99.8 Å². The van der Waals surface area contributed by atoms with Crippen LogP contribution in [-0.2, 0) is 0 Å². The van der Waals surface area contributed by atoms with Gasteiger partial charge in [0.2, 0.25) is 5.95 Å². The molecule has 0 saturated carbocycles. The van der Waals surface area contributed by atoms with E-state index < -0.39 is 4.92 Å². The quantitative estimate of drug-likeness (QED) is 0.466. The van der Waals surface area contributed by atoms with Gasteiger partial charge in [-0.3, -0.25) is 15.5 Å². The van der Waals surface area contributed by atoms with Crippen LogP contribution in [0.5, 0.6) is 0 Å². The molecular weight excluding hydrogens is 358 g/mol. The van der Waals surface area contributed by atoms with Crippen LogP contribution in [0.2, 0.25) is 0 Å². The van der Waals surface area contributed by atoms with Gasteiger partial charge in [0.15, 0.2) is 5.82 Å². The Hall–Kier alpha value is -3.23. The number of nitro groups is 1. The van der Waals surface area contributed by atoms with Crippen LogP contribution in [0.3, 0.4) is 0 Å². The van der Waals surface area contributed by atoms with E-state index in [9.17, 15) is 10.1 Å². The minimum atomic E-state index is -0.417. The SMILES string of the molecule is O=[N+]([O-])c1ccc(/C=N\Nc2cc(N3CCCC3)nc(N3CCCC3)n2)cc1. The third kappa shape index (κ3) is 4.19. The van der Waals surface area contributed by atoms with E-state index in [1.54, 1.807) is 18.3 Å². The first-order valence-corrected chi connectivity index (χ1v) is 9.61. The van der Waals surface area contributed by atoms with Gasteiger partial charge in [-0.05, 0) is 43.4 Å². The predicted octanol–water partition coefficient (Wildman–Crippen LogP) is 3.03. The van der Waals surface area contributed by atoms with E-state index in [1.165, 1.54) is 37.8 Å². The van der Waals surface area contributed by atoms with Gasteiger partial charge in [-0.2, -0.15) is 15.1 Å². The number of nitro benzene ring substituents is 1. The molecule has 3 heterocycles. The van der Waals surface area contributed by atoms with Crippen molar-refractivity contribution in [2.45, 2.75) is 25.7 Å². The minimum Gasteiger partial charge on any atom is -0.356 e. The van der Waals surface area contributed by atoms with E-state index >= 15 is 0 Å². The second-order valence-corrected chi connectivity index (χ2v) is 7.02. The van der Waals surface area contributed by atoms with Crippen LogP contribution in [-0.4, -0.2) is 47.3 Å². The van der Waals surface area contributed by atoms with E-state index in [0.717, 1.165) is 43.5 Å². The van der Waals surface area contributed by atoms with Crippen molar-refractivity contribution in [2.75, 3.05) is 41.4 Å². The van der Waals surface area contributed by atoms with Crippen LogP contribution >= 0.6 is 0 Å². The maximum atomic E-state index is 10.7. The summed E-state index contributed by atoms with van der Waals surface area (Å²) in [6.07, 6.45) is 6.32. The first-order chi connectivity index (χ1) is 13.7. The average Bonchev–Trinajstić information content (AvgIpc) is 3.42. The van der Waals surface area contributed by atoms with Crippen LogP contribution in [0.4, 0.5) is 23.3 Å². The summed E-state index contributed by atoms with van der Waals surface area (Å²) >= 11 is 0. The molecule has 9 nitrogen and oxygen atoms in total. The lowest BCUT2D eigenvalue weighted by atomic mass is 10.2. The highest BCUT2D eigenvalue weighted by Gasteiger charge is 2.20. The summed E-state index contributed by atoms with van der Waals surface area (Å²) in [5.74, 6) is 2.33. The molecule has 0 aliphatic carbocycles. The van der Waals surface area contributed by atoms with Gasteiger partial charge in [0.25, 0.3) is 5.69 Å². The summed E-state index contributed by atoms with van der Waals surface area (Å²) < 4.78 is 0. The number of hydrogen-bond acceptors (Lipinski definition) is 8. The van der Waals surface area contributed by atoms with E-state index in [-0.39, 0.29) is 5.69 Å². The van der Waals surface area contributed by atoms with Gasteiger partial charge in [-0.25, -0.2) is 0 Å². The molecule has 2 aromatic rings. The van der Waals surface area contributed by atoms with Crippen molar-refractivity contribution >= 4 is 29.5 Å². The Morgan fingerprint density at radius 1 is 1.00 bits per heavy atom. The lowest BCUT2D eigenvalue weighted by molar-refractivity contribution is -0.384. The summed E-state index contributed by atoms with van der Waals surface area (Å²) in [6.45, 7) is 3.99. The first-order valence-electron chi connectivity index (χ1n) is 9.61. The highest BCUT2D eigenvalue weighted by molar-refractivity contribution is 5.80. The van der Waals surface area contributed by atoms with Gasteiger partial charge in [0.05, 0.1) is 11.1 Å². The zero-order valence-corrected chi connectivity index (χ0v) is 15.6. The lowest BCUT2D eigenvalue weighted by Gasteiger charge is -2.21. The van der Waals surface area contributed by atoms with Crippen LogP contribution < -0.4 is 15.2 Å². The number of aromatic nitrogens is 2. The molecule has 4 rings (SSSR count). The number of hydrazone groups is 1. The maximum Gasteiger partial charge on any atom is 0.269 e. The smallest absolute Gasteiger partial charge is 0.269 e. The van der Waals surface area contributed by atoms with Crippen molar-refractivity contribution in [3.05, 3.63) is 46.0 Å². The number of anilines is 3. The van der Waals surface area contributed by atoms with Crippen LogP contribution in [0.15, 0.2) is 35.4 Å².